The van der Waals surface area contributed by atoms with E-state index < -0.39 is 0 Å². The zero-order valence-electron chi connectivity index (χ0n) is 9.47. The van der Waals surface area contributed by atoms with Gasteiger partial charge in [-0.05, 0) is 36.9 Å². The van der Waals surface area contributed by atoms with E-state index in [0.717, 1.165) is 13.0 Å². The van der Waals surface area contributed by atoms with Crippen LogP contribution in [-0.4, -0.2) is 6.54 Å². The smallest absolute Gasteiger partial charge is 0.00539 e. The van der Waals surface area contributed by atoms with Gasteiger partial charge in [0, 0.05) is 9.75 Å². The molecule has 0 fully saturated rings. The van der Waals surface area contributed by atoms with Crippen LogP contribution >= 0.6 is 11.3 Å². The number of aryl methyl sites for hydroxylation is 1. The summed E-state index contributed by atoms with van der Waals surface area (Å²) in [7, 11) is 0. The van der Waals surface area contributed by atoms with E-state index >= 15 is 0 Å². The summed E-state index contributed by atoms with van der Waals surface area (Å²) in [4.78, 5) is 2.99. The van der Waals surface area contributed by atoms with Gasteiger partial charge in [0.15, 0.2) is 0 Å². The number of hydrogen-bond acceptors (Lipinski definition) is 2. The van der Waals surface area contributed by atoms with E-state index in [2.05, 4.69) is 32.9 Å². The van der Waals surface area contributed by atoms with Crippen LogP contribution < -0.4 is 5.73 Å². The van der Waals surface area contributed by atoms with Gasteiger partial charge >= 0.3 is 0 Å². The molecular formula is C12H21NS. The lowest BCUT2D eigenvalue weighted by molar-refractivity contribution is 0.379. The fraction of sp³-hybridized carbons (Fsp3) is 0.667. The Morgan fingerprint density at radius 1 is 1.29 bits per heavy atom. The zero-order chi connectivity index (χ0) is 10.6. The summed E-state index contributed by atoms with van der Waals surface area (Å²) in [5, 5.41) is 0. The van der Waals surface area contributed by atoms with Crippen molar-refractivity contribution in [3.05, 3.63) is 21.9 Å². The Hall–Kier alpha value is -0.340. The number of rotatable bonds is 5. The maximum Gasteiger partial charge on any atom is 0.00539 e. The van der Waals surface area contributed by atoms with Crippen LogP contribution in [0.4, 0.5) is 0 Å². The topological polar surface area (TPSA) is 26.0 Å². The Balaban J connectivity index is 2.59. The van der Waals surface area contributed by atoms with Crippen LogP contribution in [0.15, 0.2) is 12.1 Å². The van der Waals surface area contributed by atoms with E-state index in [9.17, 15) is 0 Å². The third kappa shape index (κ3) is 3.43. The van der Waals surface area contributed by atoms with Crippen LogP contribution in [0.3, 0.4) is 0 Å². The van der Waals surface area contributed by atoms with Crippen molar-refractivity contribution < 1.29 is 0 Å². The van der Waals surface area contributed by atoms with E-state index in [4.69, 9.17) is 5.73 Å². The van der Waals surface area contributed by atoms with Gasteiger partial charge in [-0.25, -0.2) is 0 Å². The summed E-state index contributed by atoms with van der Waals surface area (Å²) in [6.45, 7) is 7.44. The number of nitrogens with two attached hydrogens (primary N) is 1. The van der Waals surface area contributed by atoms with Crippen molar-refractivity contribution in [2.45, 2.75) is 40.0 Å². The summed E-state index contributed by atoms with van der Waals surface area (Å²) >= 11 is 1.94. The highest BCUT2D eigenvalue weighted by Crippen LogP contribution is 2.26. The van der Waals surface area contributed by atoms with E-state index in [0.29, 0.717) is 0 Å². The first-order valence-corrected chi connectivity index (χ1v) is 6.16. The Morgan fingerprint density at radius 2 is 1.93 bits per heavy atom. The van der Waals surface area contributed by atoms with E-state index in [-0.39, 0.29) is 5.41 Å². The van der Waals surface area contributed by atoms with E-state index in [1.807, 2.05) is 11.3 Å². The number of thiophene rings is 1. The van der Waals surface area contributed by atoms with Crippen LogP contribution in [-0.2, 0) is 12.8 Å². The second-order valence-electron chi connectivity index (χ2n) is 4.66. The van der Waals surface area contributed by atoms with Gasteiger partial charge in [0.1, 0.15) is 0 Å². The molecule has 14 heavy (non-hydrogen) atoms. The van der Waals surface area contributed by atoms with Gasteiger partial charge in [-0.2, -0.15) is 0 Å². The lowest BCUT2D eigenvalue weighted by atomic mass is 9.89. The standard InChI is InChI=1S/C12H21NS/c1-4-5-10-6-7-11(14-10)8-12(2,3)9-13/h6-7H,4-5,8-9,13H2,1-3H3. The molecule has 2 N–H and O–H groups in total. The Bertz CT molecular complexity index is 276. The van der Waals surface area contributed by atoms with Crippen molar-refractivity contribution in [1.82, 2.24) is 0 Å². The maximum absolute atomic E-state index is 5.72. The first-order valence-electron chi connectivity index (χ1n) is 5.35. The molecule has 0 atom stereocenters. The summed E-state index contributed by atoms with van der Waals surface area (Å²) < 4.78 is 0. The monoisotopic (exact) mass is 211 g/mol. The van der Waals surface area contributed by atoms with Crippen LogP contribution in [0.2, 0.25) is 0 Å². The SMILES string of the molecule is CCCc1ccc(CC(C)(C)CN)s1. The molecule has 0 bridgehead atoms. The normalized spacial score (nSPS) is 12.0. The van der Waals surface area contributed by atoms with Crippen molar-refractivity contribution in [2.24, 2.45) is 11.1 Å². The van der Waals surface area contributed by atoms with E-state index in [1.165, 1.54) is 22.6 Å². The summed E-state index contributed by atoms with van der Waals surface area (Å²) in [6.07, 6.45) is 3.56. The summed E-state index contributed by atoms with van der Waals surface area (Å²) in [5.74, 6) is 0. The molecular weight excluding hydrogens is 190 g/mol. The molecule has 0 radical (unpaired) electrons. The van der Waals surface area contributed by atoms with Crippen molar-refractivity contribution in [1.29, 1.82) is 0 Å². The predicted octanol–water partition coefficient (Wildman–Crippen LogP) is 3.23. The zero-order valence-corrected chi connectivity index (χ0v) is 10.3. The largest absolute Gasteiger partial charge is 0.330 e. The minimum absolute atomic E-state index is 0.244. The fourth-order valence-corrected chi connectivity index (χ4v) is 2.82. The summed E-state index contributed by atoms with van der Waals surface area (Å²) in [6, 6.07) is 4.52. The lowest BCUT2D eigenvalue weighted by Gasteiger charge is -2.20. The molecule has 0 aliphatic carbocycles. The molecule has 1 heterocycles. The quantitative estimate of drug-likeness (QED) is 0.795. The van der Waals surface area contributed by atoms with Gasteiger partial charge < -0.3 is 5.73 Å². The highest BCUT2D eigenvalue weighted by molar-refractivity contribution is 7.12. The average Bonchev–Trinajstić information content (AvgIpc) is 2.53. The first kappa shape index (κ1) is 11.7. The van der Waals surface area contributed by atoms with Gasteiger partial charge in [0.05, 0.1) is 0 Å². The van der Waals surface area contributed by atoms with Gasteiger partial charge in [0.2, 0.25) is 0 Å². The fourth-order valence-electron chi connectivity index (χ4n) is 1.44. The highest BCUT2D eigenvalue weighted by Gasteiger charge is 2.17. The lowest BCUT2D eigenvalue weighted by Crippen LogP contribution is -2.25. The maximum atomic E-state index is 5.72. The molecule has 0 amide bonds. The van der Waals surface area contributed by atoms with Crippen LogP contribution in [0.5, 0.6) is 0 Å². The van der Waals surface area contributed by atoms with Gasteiger partial charge in [-0.15, -0.1) is 11.3 Å². The van der Waals surface area contributed by atoms with Crippen molar-refractivity contribution >= 4 is 11.3 Å². The molecule has 0 aromatic carbocycles. The molecule has 0 saturated heterocycles. The van der Waals surface area contributed by atoms with E-state index in [1.54, 1.807) is 0 Å². The molecule has 1 rings (SSSR count). The van der Waals surface area contributed by atoms with Crippen molar-refractivity contribution in [2.75, 3.05) is 6.54 Å². The third-order valence-corrected chi connectivity index (χ3v) is 3.56. The molecule has 0 unspecified atom stereocenters. The van der Waals surface area contributed by atoms with Gasteiger partial charge in [-0.1, -0.05) is 27.2 Å². The highest BCUT2D eigenvalue weighted by atomic mass is 32.1. The van der Waals surface area contributed by atoms with Crippen LogP contribution in [0, 0.1) is 5.41 Å². The molecule has 1 nitrogen and oxygen atoms in total. The minimum Gasteiger partial charge on any atom is -0.330 e. The molecule has 1 aromatic rings. The van der Waals surface area contributed by atoms with Gasteiger partial charge in [-0.3, -0.25) is 0 Å². The predicted molar refractivity (Wildman–Crippen MR) is 64.9 cm³/mol. The molecule has 0 aliphatic heterocycles. The Morgan fingerprint density at radius 3 is 2.50 bits per heavy atom. The van der Waals surface area contributed by atoms with Crippen LogP contribution in [0.1, 0.15) is 36.9 Å². The Labute approximate surface area is 91.3 Å². The minimum atomic E-state index is 0.244. The number of hydrogen-bond donors (Lipinski definition) is 1. The Kier molecular flexibility index (Phi) is 4.14. The second kappa shape index (κ2) is 4.94. The average molecular weight is 211 g/mol. The molecule has 0 spiro atoms. The van der Waals surface area contributed by atoms with Crippen molar-refractivity contribution in [3.63, 3.8) is 0 Å². The molecule has 0 aliphatic rings. The first-order chi connectivity index (χ1) is 6.57. The molecule has 1 aromatic heterocycles. The third-order valence-electron chi connectivity index (χ3n) is 2.42. The molecule has 80 valence electrons. The van der Waals surface area contributed by atoms with Gasteiger partial charge in [0.25, 0.3) is 0 Å². The molecule has 2 heteroatoms. The van der Waals surface area contributed by atoms with Crippen molar-refractivity contribution in [3.8, 4) is 0 Å². The summed E-state index contributed by atoms with van der Waals surface area (Å²) in [5.41, 5.74) is 5.97. The molecule has 0 saturated carbocycles. The van der Waals surface area contributed by atoms with Crippen LogP contribution in [0.25, 0.3) is 0 Å². The second-order valence-corrected chi connectivity index (χ2v) is 5.92.